The molecule has 10 heteroatoms. The largest absolute Gasteiger partial charge is 0.486 e. The monoisotopic (exact) mass is 444 g/mol. The Bertz CT molecular complexity index is 1050. The summed E-state index contributed by atoms with van der Waals surface area (Å²) in [6.07, 6.45) is -0.0795. The third-order valence-electron chi connectivity index (χ3n) is 4.23. The maximum atomic E-state index is 12.2. The van der Waals surface area contributed by atoms with E-state index in [9.17, 15) is 14.4 Å². The zero-order chi connectivity index (χ0) is 22.4. The second kappa shape index (κ2) is 9.94. The smallest absolute Gasteiger partial charge is 0.329 e. The average molecular weight is 445 g/mol. The fraction of sp³-hybridized carbons (Fsp3) is 0.238. The van der Waals surface area contributed by atoms with Crippen molar-refractivity contribution >= 4 is 46.4 Å². The Morgan fingerprint density at radius 3 is 2.39 bits per heavy atom. The standard InChI is InChI=1S/C21H21ClN4O5/c1-12-3-4-14(10-16(12)22)24-20(28)21(29)26-25-13(2)9-19(27)23-15-5-6-17-18(11-15)31-8-7-30-17/h3-6,10-11H,7-9H2,1-2H3,(H,23,27)(H,24,28)(H,26,29)/b25-13+. The van der Waals surface area contributed by atoms with E-state index in [1.54, 1.807) is 43.3 Å². The molecule has 1 aliphatic rings. The van der Waals surface area contributed by atoms with Crippen LogP contribution >= 0.6 is 11.6 Å². The molecule has 0 saturated carbocycles. The lowest BCUT2D eigenvalue weighted by Crippen LogP contribution is -2.33. The van der Waals surface area contributed by atoms with Crippen LogP contribution in [0.15, 0.2) is 41.5 Å². The second-order valence-corrected chi connectivity index (χ2v) is 7.20. The topological polar surface area (TPSA) is 118 Å². The highest BCUT2D eigenvalue weighted by Crippen LogP contribution is 2.32. The molecule has 0 aromatic heterocycles. The van der Waals surface area contributed by atoms with Crippen molar-refractivity contribution in [3.63, 3.8) is 0 Å². The van der Waals surface area contributed by atoms with Gasteiger partial charge in [-0.15, -0.1) is 0 Å². The van der Waals surface area contributed by atoms with Crippen LogP contribution in [0.5, 0.6) is 11.5 Å². The van der Waals surface area contributed by atoms with Crippen molar-refractivity contribution in [2.45, 2.75) is 20.3 Å². The summed E-state index contributed by atoms with van der Waals surface area (Å²) in [7, 11) is 0. The number of hydrogen-bond acceptors (Lipinski definition) is 6. The molecule has 2 aromatic carbocycles. The van der Waals surface area contributed by atoms with Gasteiger partial charge in [-0.2, -0.15) is 5.10 Å². The van der Waals surface area contributed by atoms with Gasteiger partial charge in [0.15, 0.2) is 11.5 Å². The number of benzene rings is 2. The molecule has 0 atom stereocenters. The molecule has 3 amide bonds. The number of carbonyl (C=O) groups excluding carboxylic acids is 3. The van der Waals surface area contributed by atoms with E-state index in [1.165, 1.54) is 0 Å². The van der Waals surface area contributed by atoms with E-state index in [0.29, 0.717) is 46.8 Å². The van der Waals surface area contributed by atoms with Crippen LogP contribution in [0.1, 0.15) is 18.9 Å². The first-order chi connectivity index (χ1) is 14.8. The molecule has 162 valence electrons. The van der Waals surface area contributed by atoms with Gasteiger partial charge in [-0.3, -0.25) is 14.4 Å². The molecule has 0 saturated heterocycles. The summed E-state index contributed by atoms with van der Waals surface area (Å²) in [4.78, 5) is 36.1. The fourth-order valence-corrected chi connectivity index (χ4v) is 2.83. The third-order valence-corrected chi connectivity index (χ3v) is 4.63. The molecule has 3 rings (SSSR count). The van der Waals surface area contributed by atoms with E-state index < -0.39 is 11.8 Å². The molecule has 0 unspecified atom stereocenters. The van der Waals surface area contributed by atoms with Gasteiger partial charge in [0, 0.05) is 28.2 Å². The molecular formula is C21H21ClN4O5. The number of nitrogens with zero attached hydrogens (tertiary/aromatic N) is 1. The summed E-state index contributed by atoms with van der Waals surface area (Å²) < 4.78 is 10.9. The van der Waals surface area contributed by atoms with Crippen LogP contribution < -0.4 is 25.5 Å². The number of halogens is 1. The zero-order valence-electron chi connectivity index (χ0n) is 17.0. The number of hydrogen-bond donors (Lipinski definition) is 3. The summed E-state index contributed by atoms with van der Waals surface area (Å²) in [5.74, 6) is -1.04. The van der Waals surface area contributed by atoms with Gasteiger partial charge in [0.05, 0.1) is 6.42 Å². The van der Waals surface area contributed by atoms with Gasteiger partial charge in [0.25, 0.3) is 0 Å². The van der Waals surface area contributed by atoms with Crippen LogP contribution in [-0.4, -0.2) is 36.6 Å². The van der Waals surface area contributed by atoms with Crippen molar-refractivity contribution in [2.24, 2.45) is 5.10 Å². The molecule has 0 bridgehead atoms. The van der Waals surface area contributed by atoms with E-state index in [4.69, 9.17) is 21.1 Å². The lowest BCUT2D eigenvalue weighted by molar-refractivity contribution is -0.136. The number of rotatable bonds is 5. The van der Waals surface area contributed by atoms with Crippen LogP contribution in [0.25, 0.3) is 0 Å². The Kier molecular flexibility index (Phi) is 7.09. The summed E-state index contributed by atoms with van der Waals surface area (Å²) >= 11 is 6.00. The van der Waals surface area contributed by atoms with Crippen molar-refractivity contribution < 1.29 is 23.9 Å². The van der Waals surface area contributed by atoms with Crippen LogP contribution in [0.4, 0.5) is 11.4 Å². The van der Waals surface area contributed by atoms with E-state index in [0.717, 1.165) is 5.56 Å². The number of anilines is 2. The Morgan fingerprint density at radius 1 is 0.968 bits per heavy atom. The van der Waals surface area contributed by atoms with Crippen LogP contribution in [0.2, 0.25) is 5.02 Å². The summed E-state index contributed by atoms with van der Waals surface area (Å²) in [5.41, 5.74) is 4.21. The van der Waals surface area contributed by atoms with Crippen molar-refractivity contribution in [3.8, 4) is 11.5 Å². The Hall–Kier alpha value is -3.59. The first kappa shape index (κ1) is 22.1. The van der Waals surface area contributed by atoms with Crippen molar-refractivity contribution in [3.05, 3.63) is 47.0 Å². The van der Waals surface area contributed by atoms with Gasteiger partial charge in [-0.05, 0) is 43.7 Å². The van der Waals surface area contributed by atoms with Gasteiger partial charge in [-0.25, -0.2) is 5.43 Å². The van der Waals surface area contributed by atoms with E-state index in [2.05, 4.69) is 21.2 Å². The molecule has 1 heterocycles. The maximum absolute atomic E-state index is 12.2. The Labute approximate surface area is 183 Å². The molecule has 1 aliphatic heterocycles. The maximum Gasteiger partial charge on any atom is 0.329 e. The predicted molar refractivity (Wildman–Crippen MR) is 117 cm³/mol. The highest BCUT2D eigenvalue weighted by Gasteiger charge is 2.15. The number of ether oxygens (including phenoxy) is 2. The minimum atomic E-state index is -0.969. The first-order valence-corrected chi connectivity index (χ1v) is 9.80. The number of hydrazone groups is 1. The minimum Gasteiger partial charge on any atom is -0.486 e. The van der Waals surface area contributed by atoms with Crippen molar-refractivity contribution in [1.29, 1.82) is 0 Å². The van der Waals surface area contributed by atoms with Gasteiger partial charge >= 0.3 is 11.8 Å². The fourth-order valence-electron chi connectivity index (χ4n) is 2.65. The summed E-state index contributed by atoms with van der Waals surface area (Å²) in [5, 5.41) is 9.41. The molecule has 3 N–H and O–H groups in total. The number of amides is 3. The quantitative estimate of drug-likeness (QED) is 0.372. The lowest BCUT2D eigenvalue weighted by Gasteiger charge is -2.19. The average Bonchev–Trinajstić information content (AvgIpc) is 2.74. The lowest BCUT2D eigenvalue weighted by atomic mass is 10.2. The summed E-state index contributed by atoms with van der Waals surface area (Å²) in [6.45, 7) is 4.31. The highest BCUT2D eigenvalue weighted by molar-refractivity contribution is 6.40. The van der Waals surface area contributed by atoms with Crippen LogP contribution in [0, 0.1) is 6.92 Å². The van der Waals surface area contributed by atoms with Crippen molar-refractivity contribution in [2.75, 3.05) is 23.8 Å². The SMILES string of the molecule is C/C(CC(=O)Nc1ccc2c(c1)OCCO2)=N\NC(=O)C(=O)Nc1ccc(C)c(Cl)c1. The normalized spacial score (nSPS) is 12.7. The molecule has 0 radical (unpaired) electrons. The Balaban J connectivity index is 1.49. The molecule has 9 nitrogen and oxygen atoms in total. The second-order valence-electron chi connectivity index (χ2n) is 6.79. The van der Waals surface area contributed by atoms with Gasteiger partial charge in [0.2, 0.25) is 5.91 Å². The van der Waals surface area contributed by atoms with E-state index in [-0.39, 0.29) is 12.3 Å². The molecule has 31 heavy (non-hydrogen) atoms. The molecule has 0 aliphatic carbocycles. The third kappa shape index (κ3) is 6.19. The number of carbonyl (C=O) groups is 3. The molecule has 0 spiro atoms. The zero-order valence-corrected chi connectivity index (χ0v) is 17.7. The van der Waals surface area contributed by atoms with Gasteiger partial charge in [0.1, 0.15) is 13.2 Å². The minimum absolute atomic E-state index is 0.0795. The highest BCUT2D eigenvalue weighted by atomic mass is 35.5. The number of fused-ring (bicyclic) bond motifs is 1. The van der Waals surface area contributed by atoms with Gasteiger partial charge < -0.3 is 20.1 Å². The molecular weight excluding hydrogens is 424 g/mol. The first-order valence-electron chi connectivity index (χ1n) is 9.42. The van der Waals surface area contributed by atoms with E-state index in [1.807, 2.05) is 6.92 Å². The number of nitrogens with one attached hydrogen (secondary N) is 3. The Morgan fingerprint density at radius 2 is 1.65 bits per heavy atom. The van der Waals surface area contributed by atoms with Crippen LogP contribution in [-0.2, 0) is 14.4 Å². The number of aryl methyl sites for hydroxylation is 1. The van der Waals surface area contributed by atoms with Gasteiger partial charge in [-0.1, -0.05) is 17.7 Å². The molecule has 2 aromatic rings. The predicted octanol–water partition coefficient (Wildman–Crippen LogP) is 2.88. The summed E-state index contributed by atoms with van der Waals surface area (Å²) in [6, 6.07) is 9.97. The molecule has 0 fully saturated rings. The van der Waals surface area contributed by atoms with E-state index >= 15 is 0 Å². The van der Waals surface area contributed by atoms with Crippen molar-refractivity contribution in [1.82, 2.24) is 5.43 Å². The van der Waals surface area contributed by atoms with Crippen LogP contribution in [0.3, 0.4) is 0 Å².